The Hall–Kier alpha value is -3.82. The van der Waals surface area contributed by atoms with E-state index >= 15 is 0 Å². The number of likely N-dealkylation sites (N-methyl/N-ethyl adjacent to an activating group) is 1. The molecule has 0 radical (unpaired) electrons. The van der Waals surface area contributed by atoms with Crippen molar-refractivity contribution in [1.29, 1.82) is 5.26 Å². The summed E-state index contributed by atoms with van der Waals surface area (Å²) >= 11 is 5.92. The molecule has 0 fully saturated rings. The van der Waals surface area contributed by atoms with Crippen LogP contribution in [0, 0.1) is 11.3 Å². The molecule has 1 N–H and O–H groups in total. The first-order valence-corrected chi connectivity index (χ1v) is 9.86. The van der Waals surface area contributed by atoms with Gasteiger partial charge in [0.25, 0.3) is 5.91 Å². The molecule has 0 spiro atoms. The third-order valence-corrected chi connectivity index (χ3v) is 4.68. The van der Waals surface area contributed by atoms with E-state index in [1.165, 1.54) is 4.90 Å². The number of rotatable bonds is 7. The van der Waals surface area contributed by atoms with Crippen molar-refractivity contribution in [1.82, 2.24) is 4.90 Å². The van der Waals surface area contributed by atoms with Gasteiger partial charge in [0.1, 0.15) is 12.4 Å². The number of hydrogen-bond acceptors (Lipinski definition) is 4. The second-order valence-electron chi connectivity index (χ2n) is 6.81. The van der Waals surface area contributed by atoms with Gasteiger partial charge in [-0.3, -0.25) is 9.59 Å². The molecule has 3 aromatic carbocycles. The predicted molar refractivity (Wildman–Crippen MR) is 119 cm³/mol. The van der Waals surface area contributed by atoms with Crippen LogP contribution in [-0.2, 0) is 11.4 Å². The average molecular weight is 434 g/mol. The van der Waals surface area contributed by atoms with E-state index in [9.17, 15) is 14.9 Å². The summed E-state index contributed by atoms with van der Waals surface area (Å²) in [6, 6.07) is 22.8. The summed E-state index contributed by atoms with van der Waals surface area (Å²) in [5.74, 6) is -0.155. The highest BCUT2D eigenvalue weighted by molar-refractivity contribution is 6.30. The third kappa shape index (κ3) is 6.08. The number of carbonyl (C=O) groups excluding carboxylic acids is 2. The minimum absolute atomic E-state index is 0.119. The molecule has 0 bridgehead atoms. The van der Waals surface area contributed by atoms with Crippen LogP contribution in [0.2, 0.25) is 5.02 Å². The van der Waals surface area contributed by atoms with Crippen LogP contribution in [0.5, 0.6) is 5.75 Å². The number of nitrogens with one attached hydrogen (secondary N) is 1. The average Bonchev–Trinajstić information content (AvgIpc) is 2.77. The van der Waals surface area contributed by atoms with Gasteiger partial charge in [-0.1, -0.05) is 41.9 Å². The molecule has 0 saturated carbocycles. The van der Waals surface area contributed by atoms with E-state index in [0.29, 0.717) is 27.6 Å². The van der Waals surface area contributed by atoms with E-state index in [4.69, 9.17) is 16.3 Å². The molecule has 7 heteroatoms. The van der Waals surface area contributed by atoms with Crippen LogP contribution in [-0.4, -0.2) is 30.3 Å². The number of benzene rings is 3. The Labute approximate surface area is 185 Å². The van der Waals surface area contributed by atoms with Crippen molar-refractivity contribution >= 4 is 29.1 Å². The molecule has 0 atom stereocenters. The van der Waals surface area contributed by atoms with Crippen molar-refractivity contribution in [3.8, 4) is 11.8 Å². The highest BCUT2D eigenvalue weighted by atomic mass is 35.5. The fourth-order valence-corrected chi connectivity index (χ4v) is 3.10. The van der Waals surface area contributed by atoms with Crippen LogP contribution in [0.3, 0.4) is 0 Å². The largest absolute Gasteiger partial charge is 0.489 e. The molecule has 0 saturated heterocycles. The fourth-order valence-electron chi connectivity index (χ4n) is 2.91. The van der Waals surface area contributed by atoms with Gasteiger partial charge in [-0.05, 0) is 42.5 Å². The molecule has 2 amide bonds. The molecule has 0 heterocycles. The maximum Gasteiger partial charge on any atom is 0.254 e. The second kappa shape index (κ2) is 10.3. The molecule has 0 aliphatic rings. The van der Waals surface area contributed by atoms with Crippen molar-refractivity contribution in [2.45, 2.75) is 6.61 Å². The van der Waals surface area contributed by atoms with Gasteiger partial charge in [0.15, 0.2) is 0 Å². The minimum atomic E-state index is -0.335. The quantitative estimate of drug-likeness (QED) is 0.594. The van der Waals surface area contributed by atoms with E-state index < -0.39 is 0 Å². The molecular formula is C24H20ClN3O3. The topological polar surface area (TPSA) is 82.4 Å². The number of amides is 2. The Morgan fingerprint density at radius 2 is 1.84 bits per heavy atom. The van der Waals surface area contributed by atoms with Crippen LogP contribution in [0.1, 0.15) is 21.5 Å². The summed E-state index contributed by atoms with van der Waals surface area (Å²) in [5, 5.41) is 12.4. The van der Waals surface area contributed by atoms with Crippen molar-refractivity contribution in [3.63, 3.8) is 0 Å². The van der Waals surface area contributed by atoms with Crippen LogP contribution in [0.4, 0.5) is 5.69 Å². The molecule has 3 aromatic rings. The Balaban J connectivity index is 1.61. The Bertz CT molecular complexity index is 1140. The fraction of sp³-hybridized carbons (Fsp3) is 0.125. The summed E-state index contributed by atoms with van der Waals surface area (Å²) in [6.07, 6.45) is 0. The summed E-state index contributed by atoms with van der Waals surface area (Å²) in [4.78, 5) is 26.3. The third-order valence-electron chi connectivity index (χ3n) is 4.45. The number of halogens is 1. The first-order chi connectivity index (χ1) is 15.0. The predicted octanol–water partition coefficient (Wildman–Crippen LogP) is 4.50. The highest BCUT2D eigenvalue weighted by Crippen LogP contribution is 2.18. The van der Waals surface area contributed by atoms with Crippen LogP contribution in [0.25, 0.3) is 0 Å². The maximum atomic E-state index is 12.7. The molecule has 3 rings (SSSR count). The summed E-state index contributed by atoms with van der Waals surface area (Å²) in [6.45, 7) is 0.0885. The van der Waals surface area contributed by atoms with E-state index in [1.807, 2.05) is 12.1 Å². The maximum absolute atomic E-state index is 12.7. The zero-order chi connectivity index (χ0) is 22.2. The van der Waals surface area contributed by atoms with Gasteiger partial charge < -0.3 is 15.0 Å². The normalized spacial score (nSPS) is 10.1. The molecule has 0 unspecified atom stereocenters. The van der Waals surface area contributed by atoms with Gasteiger partial charge in [-0.15, -0.1) is 0 Å². The van der Waals surface area contributed by atoms with Crippen molar-refractivity contribution in [3.05, 3.63) is 94.5 Å². The molecule has 31 heavy (non-hydrogen) atoms. The van der Waals surface area contributed by atoms with E-state index in [2.05, 4.69) is 11.4 Å². The lowest BCUT2D eigenvalue weighted by molar-refractivity contribution is -0.116. The molecule has 0 aliphatic carbocycles. The Kier molecular flexibility index (Phi) is 7.26. The van der Waals surface area contributed by atoms with Crippen LogP contribution >= 0.6 is 11.6 Å². The molecule has 0 aliphatic heterocycles. The highest BCUT2D eigenvalue weighted by Gasteiger charge is 2.16. The van der Waals surface area contributed by atoms with Crippen molar-refractivity contribution in [2.24, 2.45) is 0 Å². The monoisotopic (exact) mass is 433 g/mol. The summed E-state index contributed by atoms with van der Waals surface area (Å²) < 4.78 is 5.76. The zero-order valence-electron chi connectivity index (χ0n) is 16.8. The molecule has 0 aromatic heterocycles. The summed E-state index contributed by atoms with van der Waals surface area (Å²) in [7, 11) is 1.55. The molecular weight excluding hydrogens is 414 g/mol. The lowest BCUT2D eigenvalue weighted by atomic mass is 10.1. The van der Waals surface area contributed by atoms with Crippen molar-refractivity contribution < 1.29 is 14.3 Å². The number of hydrogen-bond donors (Lipinski definition) is 1. The standard InChI is InChI=1S/C24H20ClN3O3/c1-28(15-23(29)27-21-10-5-9-20(25)13-21)24(30)17-8-4-11-22(12-17)31-16-19-7-3-2-6-18(19)14-26/h2-13H,15-16H2,1H3,(H,27,29). The van der Waals surface area contributed by atoms with Gasteiger partial charge in [-0.2, -0.15) is 5.26 Å². The number of nitrogens with zero attached hydrogens (tertiary/aromatic N) is 2. The first-order valence-electron chi connectivity index (χ1n) is 9.48. The number of nitriles is 1. The summed E-state index contributed by atoms with van der Waals surface area (Å²) in [5.41, 5.74) is 2.26. The van der Waals surface area contributed by atoms with Gasteiger partial charge in [-0.25, -0.2) is 0 Å². The number of anilines is 1. The van der Waals surface area contributed by atoms with Gasteiger partial charge in [0.2, 0.25) is 5.91 Å². The van der Waals surface area contributed by atoms with Crippen molar-refractivity contribution in [2.75, 3.05) is 18.9 Å². The minimum Gasteiger partial charge on any atom is -0.489 e. The first kappa shape index (κ1) is 21.9. The van der Waals surface area contributed by atoms with Crippen LogP contribution < -0.4 is 10.1 Å². The number of ether oxygens (including phenoxy) is 1. The van der Waals surface area contributed by atoms with Crippen LogP contribution in [0.15, 0.2) is 72.8 Å². The SMILES string of the molecule is CN(CC(=O)Nc1cccc(Cl)c1)C(=O)c1cccc(OCc2ccccc2C#N)c1. The molecule has 6 nitrogen and oxygen atoms in total. The second-order valence-corrected chi connectivity index (χ2v) is 7.24. The van der Waals surface area contributed by atoms with E-state index in [0.717, 1.165) is 5.56 Å². The van der Waals surface area contributed by atoms with E-state index in [-0.39, 0.29) is 25.0 Å². The Morgan fingerprint density at radius 1 is 1.06 bits per heavy atom. The molecule has 156 valence electrons. The zero-order valence-corrected chi connectivity index (χ0v) is 17.6. The number of carbonyl (C=O) groups is 2. The van der Waals surface area contributed by atoms with Gasteiger partial charge in [0.05, 0.1) is 18.2 Å². The lowest BCUT2D eigenvalue weighted by Gasteiger charge is -2.17. The van der Waals surface area contributed by atoms with Gasteiger partial charge >= 0.3 is 0 Å². The van der Waals surface area contributed by atoms with Gasteiger partial charge in [0, 0.05) is 28.9 Å². The van der Waals surface area contributed by atoms with E-state index in [1.54, 1.807) is 67.7 Å². The Morgan fingerprint density at radius 3 is 2.61 bits per heavy atom. The lowest BCUT2D eigenvalue weighted by Crippen LogP contribution is -2.34. The smallest absolute Gasteiger partial charge is 0.254 e.